The van der Waals surface area contributed by atoms with Crippen molar-refractivity contribution in [1.82, 2.24) is 14.8 Å². The maximum absolute atomic E-state index is 13.5. The first-order valence-corrected chi connectivity index (χ1v) is 9.95. The number of carbonyl (C=O) groups is 1. The van der Waals surface area contributed by atoms with Crippen molar-refractivity contribution in [3.05, 3.63) is 75.2 Å². The van der Waals surface area contributed by atoms with Crippen LogP contribution in [-0.2, 0) is 6.54 Å². The van der Waals surface area contributed by atoms with Crippen LogP contribution in [0.15, 0.2) is 53.3 Å². The average Bonchev–Trinajstić information content (AvgIpc) is 2.68. The van der Waals surface area contributed by atoms with Crippen LogP contribution in [0.5, 0.6) is 0 Å². The first-order chi connectivity index (χ1) is 14.0. The lowest BCUT2D eigenvalue weighted by Crippen LogP contribution is -2.49. The number of benzene rings is 2. The van der Waals surface area contributed by atoms with Crippen LogP contribution in [0.4, 0.5) is 0 Å². The third-order valence-corrected chi connectivity index (χ3v) is 5.63. The fourth-order valence-electron chi connectivity index (χ4n) is 4.06. The standard InChI is InChI=1S/C22H22ClN3O3/c1-14-12-25(11-10-24-14)13-18-20(22(28)29)16-8-5-9-17(23)19(16)21(27)26(18)15-6-3-2-4-7-15/h2-9,14,24H,10-13H2,1H3,(H,28,29)/t14-/m0/s1. The number of nitrogens with one attached hydrogen (secondary N) is 1. The zero-order valence-corrected chi connectivity index (χ0v) is 16.8. The van der Waals surface area contributed by atoms with Crippen LogP contribution in [-0.4, -0.2) is 46.2 Å². The highest BCUT2D eigenvalue weighted by atomic mass is 35.5. The number of aromatic nitrogens is 1. The van der Waals surface area contributed by atoms with Crippen LogP contribution in [0.2, 0.25) is 5.02 Å². The average molecular weight is 412 g/mol. The topological polar surface area (TPSA) is 74.6 Å². The Balaban J connectivity index is 2.04. The molecule has 7 heteroatoms. The molecular weight excluding hydrogens is 390 g/mol. The van der Waals surface area contributed by atoms with Gasteiger partial charge in [-0.3, -0.25) is 14.3 Å². The van der Waals surface area contributed by atoms with Crippen molar-refractivity contribution in [2.75, 3.05) is 19.6 Å². The molecule has 3 aromatic rings. The van der Waals surface area contributed by atoms with Crippen LogP contribution in [0.1, 0.15) is 23.0 Å². The second-order valence-electron chi connectivity index (χ2n) is 7.36. The minimum Gasteiger partial charge on any atom is -0.478 e. The van der Waals surface area contributed by atoms with Crippen molar-refractivity contribution in [1.29, 1.82) is 0 Å². The summed E-state index contributed by atoms with van der Waals surface area (Å²) in [6.07, 6.45) is 0. The minimum absolute atomic E-state index is 0.122. The van der Waals surface area contributed by atoms with Gasteiger partial charge in [-0.05, 0) is 25.1 Å². The van der Waals surface area contributed by atoms with Gasteiger partial charge in [0.1, 0.15) is 0 Å². The smallest absolute Gasteiger partial charge is 0.338 e. The third kappa shape index (κ3) is 3.67. The van der Waals surface area contributed by atoms with Crippen LogP contribution in [0.3, 0.4) is 0 Å². The predicted molar refractivity (Wildman–Crippen MR) is 114 cm³/mol. The van der Waals surface area contributed by atoms with Crippen LogP contribution >= 0.6 is 11.6 Å². The zero-order valence-electron chi connectivity index (χ0n) is 16.1. The van der Waals surface area contributed by atoms with Crippen LogP contribution < -0.4 is 10.9 Å². The Kier molecular flexibility index (Phi) is 5.41. The normalized spacial score (nSPS) is 17.5. The van der Waals surface area contributed by atoms with E-state index in [-0.39, 0.29) is 21.5 Å². The van der Waals surface area contributed by atoms with Crippen LogP contribution in [0.25, 0.3) is 16.5 Å². The van der Waals surface area contributed by atoms with Gasteiger partial charge in [-0.2, -0.15) is 0 Å². The summed E-state index contributed by atoms with van der Waals surface area (Å²) < 4.78 is 1.50. The summed E-state index contributed by atoms with van der Waals surface area (Å²) in [4.78, 5) is 28.0. The van der Waals surface area contributed by atoms with Crippen molar-refractivity contribution in [3.8, 4) is 5.69 Å². The van der Waals surface area contributed by atoms with Crippen molar-refractivity contribution in [2.45, 2.75) is 19.5 Å². The molecule has 0 saturated carbocycles. The Bertz CT molecular complexity index is 1130. The highest BCUT2D eigenvalue weighted by molar-refractivity contribution is 6.35. The van der Waals surface area contributed by atoms with E-state index in [1.54, 1.807) is 30.3 Å². The lowest BCUT2D eigenvalue weighted by Gasteiger charge is -2.33. The number of para-hydroxylation sites is 1. The number of halogens is 1. The second-order valence-corrected chi connectivity index (χ2v) is 7.76. The highest BCUT2D eigenvalue weighted by Gasteiger charge is 2.26. The second kappa shape index (κ2) is 7.99. The van der Waals surface area contributed by atoms with E-state index in [4.69, 9.17) is 11.6 Å². The Morgan fingerprint density at radius 3 is 2.66 bits per heavy atom. The van der Waals surface area contributed by atoms with Gasteiger partial charge in [-0.25, -0.2) is 4.79 Å². The molecule has 0 bridgehead atoms. The van der Waals surface area contributed by atoms with Crippen molar-refractivity contribution in [3.63, 3.8) is 0 Å². The number of carboxylic acids is 1. The molecule has 2 heterocycles. The maximum Gasteiger partial charge on any atom is 0.338 e. The number of nitrogens with zero attached hydrogens (tertiary/aromatic N) is 2. The Labute approximate surface area is 173 Å². The SMILES string of the molecule is C[C@H]1CN(Cc2c(C(=O)O)c3cccc(Cl)c3c(=O)n2-c2ccccc2)CCN1. The summed E-state index contributed by atoms with van der Waals surface area (Å²) in [5.41, 5.74) is 0.912. The van der Waals surface area contributed by atoms with E-state index in [2.05, 4.69) is 17.1 Å². The number of rotatable bonds is 4. The molecule has 2 aromatic carbocycles. The van der Waals surface area contributed by atoms with Gasteiger partial charge in [0.05, 0.1) is 21.7 Å². The molecule has 2 N–H and O–H groups in total. The van der Waals surface area contributed by atoms with Gasteiger partial charge in [0.25, 0.3) is 5.56 Å². The van der Waals surface area contributed by atoms with E-state index < -0.39 is 5.97 Å². The van der Waals surface area contributed by atoms with E-state index in [1.807, 2.05) is 18.2 Å². The summed E-state index contributed by atoms with van der Waals surface area (Å²) in [5, 5.41) is 14.4. The maximum atomic E-state index is 13.5. The summed E-state index contributed by atoms with van der Waals surface area (Å²) in [6.45, 7) is 4.82. The van der Waals surface area contributed by atoms with E-state index in [0.717, 1.165) is 19.6 Å². The van der Waals surface area contributed by atoms with Crippen molar-refractivity contribution >= 4 is 28.3 Å². The van der Waals surface area contributed by atoms with Crippen molar-refractivity contribution < 1.29 is 9.90 Å². The molecule has 0 unspecified atom stereocenters. The Morgan fingerprint density at radius 2 is 1.97 bits per heavy atom. The summed E-state index contributed by atoms with van der Waals surface area (Å²) >= 11 is 6.34. The first kappa shape index (κ1) is 19.6. The zero-order chi connectivity index (χ0) is 20.5. The number of hydrogen-bond acceptors (Lipinski definition) is 4. The monoisotopic (exact) mass is 411 g/mol. The number of hydrogen-bond donors (Lipinski definition) is 2. The van der Waals surface area contributed by atoms with Gasteiger partial charge >= 0.3 is 5.97 Å². The molecule has 29 heavy (non-hydrogen) atoms. The predicted octanol–water partition coefficient (Wildman–Crippen LogP) is 3.14. The molecule has 4 rings (SSSR count). The molecular formula is C22H22ClN3O3. The largest absolute Gasteiger partial charge is 0.478 e. The molecule has 0 amide bonds. The molecule has 1 aliphatic rings. The first-order valence-electron chi connectivity index (χ1n) is 9.58. The quantitative estimate of drug-likeness (QED) is 0.690. The number of fused-ring (bicyclic) bond motifs is 1. The van der Waals surface area contributed by atoms with E-state index in [0.29, 0.717) is 29.4 Å². The molecule has 6 nitrogen and oxygen atoms in total. The fourth-order valence-corrected chi connectivity index (χ4v) is 4.31. The minimum atomic E-state index is -1.07. The number of piperazine rings is 1. The molecule has 1 aromatic heterocycles. The number of aromatic carboxylic acids is 1. The van der Waals surface area contributed by atoms with E-state index in [9.17, 15) is 14.7 Å². The summed E-state index contributed by atoms with van der Waals surface area (Å²) in [7, 11) is 0. The Morgan fingerprint density at radius 1 is 1.21 bits per heavy atom. The number of pyridine rings is 1. The molecule has 0 aliphatic carbocycles. The third-order valence-electron chi connectivity index (χ3n) is 5.31. The molecule has 150 valence electrons. The van der Waals surface area contributed by atoms with E-state index in [1.165, 1.54) is 4.57 Å². The highest BCUT2D eigenvalue weighted by Crippen LogP contribution is 2.28. The van der Waals surface area contributed by atoms with Crippen molar-refractivity contribution in [2.24, 2.45) is 0 Å². The molecule has 0 spiro atoms. The van der Waals surface area contributed by atoms with Gasteiger partial charge in [0.15, 0.2) is 0 Å². The van der Waals surface area contributed by atoms with Gasteiger partial charge in [-0.1, -0.05) is 41.9 Å². The molecule has 0 radical (unpaired) electrons. The van der Waals surface area contributed by atoms with Gasteiger partial charge in [0, 0.05) is 43.3 Å². The molecule has 1 aliphatic heterocycles. The Hall–Kier alpha value is -2.67. The lowest BCUT2D eigenvalue weighted by molar-refractivity contribution is 0.0695. The fraction of sp³-hybridized carbons (Fsp3) is 0.273. The van der Waals surface area contributed by atoms with Gasteiger partial charge < -0.3 is 10.4 Å². The molecule has 1 saturated heterocycles. The lowest BCUT2D eigenvalue weighted by atomic mass is 10.0. The van der Waals surface area contributed by atoms with Gasteiger partial charge in [0.2, 0.25) is 0 Å². The van der Waals surface area contributed by atoms with E-state index >= 15 is 0 Å². The molecule has 1 fully saturated rings. The summed E-state index contributed by atoms with van der Waals surface area (Å²) in [6, 6.07) is 14.4. The summed E-state index contributed by atoms with van der Waals surface area (Å²) in [5.74, 6) is -1.07. The van der Waals surface area contributed by atoms with Crippen LogP contribution in [0, 0.1) is 0 Å². The molecule has 1 atom stereocenters. The number of carboxylic acid groups (broad SMARTS) is 1. The van der Waals surface area contributed by atoms with Gasteiger partial charge in [-0.15, -0.1) is 0 Å².